The van der Waals surface area contributed by atoms with Crippen LogP contribution in [0.15, 0.2) is 0 Å². The number of thioether (sulfide) groups is 1. The third-order valence-electron chi connectivity index (χ3n) is 4.31. The molecule has 0 aromatic rings. The first-order valence-electron chi connectivity index (χ1n) is 7.17. The number of piperazine rings is 1. The minimum atomic E-state index is 0.359. The lowest BCUT2D eigenvalue weighted by molar-refractivity contribution is 0.0576. The van der Waals surface area contributed by atoms with Crippen molar-refractivity contribution in [3.8, 4) is 0 Å². The molecule has 2 unspecified atom stereocenters. The summed E-state index contributed by atoms with van der Waals surface area (Å²) >= 11 is 2.07. The van der Waals surface area contributed by atoms with Crippen LogP contribution >= 0.6 is 11.8 Å². The van der Waals surface area contributed by atoms with Crippen LogP contribution in [-0.4, -0.2) is 47.1 Å². The van der Waals surface area contributed by atoms with Gasteiger partial charge >= 0.3 is 0 Å². The Labute approximate surface area is 112 Å². The van der Waals surface area contributed by atoms with Gasteiger partial charge in [0.25, 0.3) is 0 Å². The molecule has 0 aromatic carbocycles. The first-order chi connectivity index (χ1) is 8.08. The molecule has 0 saturated carbocycles. The third kappa shape index (κ3) is 3.87. The van der Waals surface area contributed by atoms with E-state index in [4.69, 9.17) is 0 Å². The maximum Gasteiger partial charge on any atom is 0.0304 e. The molecule has 0 aromatic heterocycles. The Morgan fingerprint density at radius 3 is 2.53 bits per heavy atom. The highest BCUT2D eigenvalue weighted by molar-refractivity contribution is 7.99. The van der Waals surface area contributed by atoms with Gasteiger partial charge in [-0.1, -0.05) is 20.8 Å². The van der Waals surface area contributed by atoms with E-state index in [1.54, 1.807) is 0 Å². The van der Waals surface area contributed by atoms with E-state index in [-0.39, 0.29) is 0 Å². The van der Waals surface area contributed by atoms with Crippen molar-refractivity contribution in [2.24, 2.45) is 0 Å². The number of hydrogen-bond acceptors (Lipinski definition) is 3. The van der Waals surface area contributed by atoms with E-state index in [2.05, 4.69) is 56.6 Å². The Morgan fingerprint density at radius 2 is 2.00 bits per heavy atom. The zero-order valence-corrected chi connectivity index (χ0v) is 13.1. The van der Waals surface area contributed by atoms with Crippen LogP contribution in [0.1, 0.15) is 47.5 Å². The van der Waals surface area contributed by atoms with E-state index in [0.717, 1.165) is 6.54 Å². The SMILES string of the molecule is CCSCC(C)N1CC(CC)(CC)NCC1C. The molecule has 1 rings (SSSR count). The van der Waals surface area contributed by atoms with Crippen molar-refractivity contribution in [3.63, 3.8) is 0 Å². The zero-order chi connectivity index (χ0) is 12.9. The van der Waals surface area contributed by atoms with E-state index >= 15 is 0 Å². The fourth-order valence-corrected chi connectivity index (χ4v) is 3.51. The fourth-order valence-electron chi connectivity index (χ4n) is 2.74. The molecule has 17 heavy (non-hydrogen) atoms. The van der Waals surface area contributed by atoms with Gasteiger partial charge in [-0.3, -0.25) is 4.90 Å². The lowest BCUT2D eigenvalue weighted by Crippen LogP contribution is -2.65. The second-order valence-electron chi connectivity index (χ2n) is 5.40. The Balaban J connectivity index is 2.62. The van der Waals surface area contributed by atoms with Crippen LogP contribution in [0, 0.1) is 0 Å². The fraction of sp³-hybridized carbons (Fsp3) is 1.00. The van der Waals surface area contributed by atoms with Gasteiger partial charge in [0.1, 0.15) is 0 Å². The normalized spacial score (nSPS) is 27.0. The van der Waals surface area contributed by atoms with E-state index in [0.29, 0.717) is 17.6 Å². The van der Waals surface area contributed by atoms with Gasteiger partial charge in [0, 0.05) is 36.5 Å². The molecule has 1 saturated heterocycles. The minimum Gasteiger partial charge on any atom is -0.308 e. The first kappa shape index (κ1) is 15.3. The Hall–Kier alpha value is 0.270. The molecule has 1 heterocycles. The van der Waals surface area contributed by atoms with E-state index in [1.165, 1.54) is 30.9 Å². The molecule has 2 nitrogen and oxygen atoms in total. The topological polar surface area (TPSA) is 15.3 Å². The van der Waals surface area contributed by atoms with Crippen molar-refractivity contribution in [2.45, 2.75) is 65.1 Å². The lowest BCUT2D eigenvalue weighted by Gasteiger charge is -2.49. The maximum atomic E-state index is 3.77. The van der Waals surface area contributed by atoms with Gasteiger partial charge in [-0.2, -0.15) is 11.8 Å². The second-order valence-corrected chi connectivity index (χ2v) is 6.72. The van der Waals surface area contributed by atoms with Gasteiger partial charge in [0.15, 0.2) is 0 Å². The standard InChI is InChI=1S/C14H30N2S/c1-6-14(7-2)11-16(12(4)9-15-14)13(5)10-17-8-3/h12-13,15H,6-11H2,1-5H3. The van der Waals surface area contributed by atoms with Gasteiger partial charge < -0.3 is 5.32 Å². The van der Waals surface area contributed by atoms with Crippen LogP contribution in [0.25, 0.3) is 0 Å². The smallest absolute Gasteiger partial charge is 0.0304 e. The summed E-state index contributed by atoms with van der Waals surface area (Å²) in [6.07, 6.45) is 2.47. The minimum absolute atomic E-state index is 0.359. The van der Waals surface area contributed by atoms with Crippen molar-refractivity contribution in [2.75, 3.05) is 24.6 Å². The summed E-state index contributed by atoms with van der Waals surface area (Å²) in [5.74, 6) is 2.50. The number of nitrogens with one attached hydrogen (secondary N) is 1. The zero-order valence-electron chi connectivity index (χ0n) is 12.3. The average molecular weight is 258 g/mol. The molecule has 1 aliphatic heterocycles. The number of hydrogen-bond donors (Lipinski definition) is 1. The lowest BCUT2D eigenvalue weighted by atomic mass is 9.88. The van der Waals surface area contributed by atoms with Crippen LogP contribution in [0.3, 0.4) is 0 Å². The van der Waals surface area contributed by atoms with E-state index in [1.807, 2.05) is 0 Å². The highest BCUT2D eigenvalue weighted by atomic mass is 32.2. The van der Waals surface area contributed by atoms with Crippen LogP contribution < -0.4 is 5.32 Å². The predicted octanol–water partition coefficient (Wildman–Crippen LogP) is 2.98. The maximum absolute atomic E-state index is 3.77. The Kier molecular flexibility index (Phi) is 6.32. The summed E-state index contributed by atoms with van der Waals surface area (Å²) in [5, 5.41) is 3.77. The molecule has 0 amide bonds. The van der Waals surface area contributed by atoms with Crippen LogP contribution in [0.5, 0.6) is 0 Å². The van der Waals surface area contributed by atoms with Crippen molar-refractivity contribution in [3.05, 3.63) is 0 Å². The van der Waals surface area contributed by atoms with Gasteiger partial charge in [0.2, 0.25) is 0 Å². The van der Waals surface area contributed by atoms with Crippen LogP contribution in [0.2, 0.25) is 0 Å². The molecule has 2 atom stereocenters. The summed E-state index contributed by atoms with van der Waals surface area (Å²) < 4.78 is 0. The summed E-state index contributed by atoms with van der Waals surface area (Å²) in [4.78, 5) is 2.71. The van der Waals surface area contributed by atoms with Crippen molar-refractivity contribution in [1.82, 2.24) is 10.2 Å². The van der Waals surface area contributed by atoms with E-state index < -0.39 is 0 Å². The van der Waals surface area contributed by atoms with Gasteiger partial charge in [0.05, 0.1) is 0 Å². The van der Waals surface area contributed by atoms with Gasteiger partial charge in [-0.15, -0.1) is 0 Å². The summed E-state index contributed by atoms with van der Waals surface area (Å²) in [5.41, 5.74) is 0.359. The molecule has 0 bridgehead atoms. The largest absolute Gasteiger partial charge is 0.308 e. The molecule has 1 aliphatic rings. The molecule has 102 valence electrons. The molecular weight excluding hydrogens is 228 g/mol. The molecular formula is C14H30N2S. The van der Waals surface area contributed by atoms with Gasteiger partial charge in [-0.25, -0.2) is 0 Å². The third-order valence-corrected chi connectivity index (χ3v) is 5.43. The molecule has 0 aliphatic carbocycles. The van der Waals surface area contributed by atoms with Crippen LogP contribution in [-0.2, 0) is 0 Å². The average Bonchev–Trinajstić information content (AvgIpc) is 2.37. The van der Waals surface area contributed by atoms with Crippen molar-refractivity contribution < 1.29 is 0 Å². The highest BCUT2D eigenvalue weighted by Crippen LogP contribution is 2.25. The number of rotatable bonds is 6. The Bertz CT molecular complexity index is 216. The first-order valence-corrected chi connectivity index (χ1v) is 8.32. The molecule has 0 radical (unpaired) electrons. The second kappa shape index (κ2) is 7.01. The van der Waals surface area contributed by atoms with E-state index in [9.17, 15) is 0 Å². The van der Waals surface area contributed by atoms with Crippen LogP contribution in [0.4, 0.5) is 0 Å². The quantitative estimate of drug-likeness (QED) is 0.788. The highest BCUT2D eigenvalue weighted by Gasteiger charge is 2.36. The summed E-state index contributed by atoms with van der Waals surface area (Å²) in [6.45, 7) is 14.0. The monoisotopic (exact) mass is 258 g/mol. The molecule has 3 heteroatoms. The van der Waals surface area contributed by atoms with Crippen molar-refractivity contribution in [1.29, 1.82) is 0 Å². The summed E-state index contributed by atoms with van der Waals surface area (Å²) in [6, 6.07) is 1.38. The van der Waals surface area contributed by atoms with Gasteiger partial charge in [-0.05, 0) is 32.4 Å². The Morgan fingerprint density at radius 1 is 1.35 bits per heavy atom. The van der Waals surface area contributed by atoms with Crippen molar-refractivity contribution >= 4 is 11.8 Å². The predicted molar refractivity (Wildman–Crippen MR) is 79.9 cm³/mol. The molecule has 1 fully saturated rings. The summed E-state index contributed by atoms with van der Waals surface area (Å²) in [7, 11) is 0. The molecule has 1 N–H and O–H groups in total. The number of nitrogens with zero attached hydrogens (tertiary/aromatic N) is 1. The molecule has 0 spiro atoms.